The van der Waals surface area contributed by atoms with Crippen LogP contribution in [0.2, 0.25) is 0 Å². The van der Waals surface area contributed by atoms with Crippen LogP contribution in [-0.4, -0.2) is 26.3 Å². The summed E-state index contributed by atoms with van der Waals surface area (Å²) in [5, 5.41) is 0. The SMILES string of the molecule is CCOCCN(CC)c1ccc(CCl)cc1Br. The summed E-state index contributed by atoms with van der Waals surface area (Å²) in [6, 6.07) is 6.25. The van der Waals surface area contributed by atoms with Gasteiger partial charge in [0, 0.05) is 30.0 Å². The zero-order chi connectivity index (χ0) is 12.7. The predicted octanol–water partition coefficient (Wildman–Crippen LogP) is 4.05. The molecule has 0 saturated heterocycles. The highest BCUT2D eigenvalue weighted by atomic mass is 79.9. The molecule has 17 heavy (non-hydrogen) atoms. The van der Waals surface area contributed by atoms with Gasteiger partial charge in [-0.2, -0.15) is 0 Å². The van der Waals surface area contributed by atoms with E-state index in [9.17, 15) is 0 Å². The van der Waals surface area contributed by atoms with Crippen LogP contribution in [-0.2, 0) is 10.6 Å². The molecule has 0 N–H and O–H groups in total. The lowest BCUT2D eigenvalue weighted by Gasteiger charge is -2.24. The molecule has 0 amide bonds. The van der Waals surface area contributed by atoms with Gasteiger partial charge in [-0.1, -0.05) is 6.07 Å². The molecule has 0 aliphatic heterocycles. The summed E-state index contributed by atoms with van der Waals surface area (Å²) in [6.45, 7) is 7.56. The average Bonchev–Trinajstić information content (AvgIpc) is 2.35. The molecule has 0 aliphatic rings. The van der Waals surface area contributed by atoms with E-state index in [1.165, 1.54) is 5.69 Å². The number of anilines is 1. The normalized spacial score (nSPS) is 10.6. The van der Waals surface area contributed by atoms with Gasteiger partial charge in [-0.05, 0) is 47.5 Å². The van der Waals surface area contributed by atoms with Crippen LogP contribution >= 0.6 is 27.5 Å². The third kappa shape index (κ3) is 4.49. The Labute approximate surface area is 117 Å². The van der Waals surface area contributed by atoms with Crippen LogP contribution in [0.4, 0.5) is 5.69 Å². The van der Waals surface area contributed by atoms with Crippen LogP contribution in [0.3, 0.4) is 0 Å². The number of likely N-dealkylation sites (N-methyl/N-ethyl adjacent to an activating group) is 1. The van der Waals surface area contributed by atoms with Crippen molar-refractivity contribution in [2.75, 3.05) is 31.2 Å². The fraction of sp³-hybridized carbons (Fsp3) is 0.538. The van der Waals surface area contributed by atoms with Crippen molar-refractivity contribution in [3.8, 4) is 0 Å². The number of nitrogens with zero attached hydrogens (tertiary/aromatic N) is 1. The fourth-order valence-corrected chi connectivity index (χ4v) is 2.50. The van der Waals surface area contributed by atoms with E-state index in [-0.39, 0.29) is 0 Å². The molecule has 1 rings (SSSR count). The molecule has 0 saturated carbocycles. The third-order valence-electron chi connectivity index (χ3n) is 2.60. The molecule has 0 aliphatic carbocycles. The van der Waals surface area contributed by atoms with Crippen LogP contribution in [0, 0.1) is 0 Å². The Balaban J connectivity index is 2.73. The average molecular weight is 321 g/mol. The number of hydrogen-bond donors (Lipinski definition) is 0. The lowest BCUT2D eigenvalue weighted by atomic mass is 10.2. The second-order valence-electron chi connectivity index (χ2n) is 3.70. The van der Waals surface area contributed by atoms with Crippen molar-refractivity contribution < 1.29 is 4.74 Å². The lowest BCUT2D eigenvalue weighted by Crippen LogP contribution is -2.27. The molecule has 1 aromatic carbocycles. The molecule has 0 atom stereocenters. The van der Waals surface area contributed by atoms with Gasteiger partial charge in [0.1, 0.15) is 0 Å². The number of hydrogen-bond acceptors (Lipinski definition) is 2. The number of ether oxygens (including phenoxy) is 1. The molecule has 4 heteroatoms. The topological polar surface area (TPSA) is 12.5 Å². The third-order valence-corrected chi connectivity index (χ3v) is 3.54. The maximum Gasteiger partial charge on any atom is 0.0641 e. The van der Waals surface area contributed by atoms with Crippen LogP contribution in [0.25, 0.3) is 0 Å². The van der Waals surface area contributed by atoms with Gasteiger partial charge in [0.15, 0.2) is 0 Å². The van der Waals surface area contributed by atoms with E-state index in [0.717, 1.165) is 36.3 Å². The van der Waals surface area contributed by atoms with E-state index in [1.54, 1.807) is 0 Å². The summed E-state index contributed by atoms with van der Waals surface area (Å²) in [7, 11) is 0. The summed E-state index contributed by atoms with van der Waals surface area (Å²) in [5.41, 5.74) is 2.32. The molecule has 0 heterocycles. The molecule has 1 aromatic rings. The summed E-state index contributed by atoms with van der Waals surface area (Å²) >= 11 is 9.41. The van der Waals surface area contributed by atoms with Gasteiger partial charge in [0.05, 0.1) is 12.3 Å². The van der Waals surface area contributed by atoms with Crippen LogP contribution in [0.15, 0.2) is 22.7 Å². The highest BCUT2D eigenvalue weighted by Gasteiger charge is 2.08. The van der Waals surface area contributed by atoms with Crippen molar-refractivity contribution in [2.24, 2.45) is 0 Å². The molecular weight excluding hydrogens is 302 g/mol. The first-order valence-corrected chi connectivity index (χ1v) is 7.22. The smallest absolute Gasteiger partial charge is 0.0641 e. The van der Waals surface area contributed by atoms with E-state index in [2.05, 4.69) is 46.0 Å². The molecule has 0 spiro atoms. The molecule has 0 bridgehead atoms. The first-order valence-electron chi connectivity index (χ1n) is 5.90. The van der Waals surface area contributed by atoms with Crippen LogP contribution in [0.1, 0.15) is 19.4 Å². The molecule has 96 valence electrons. The monoisotopic (exact) mass is 319 g/mol. The Kier molecular flexibility index (Phi) is 6.93. The van der Waals surface area contributed by atoms with E-state index in [4.69, 9.17) is 16.3 Å². The molecule has 0 unspecified atom stereocenters. The first kappa shape index (κ1) is 14.8. The second-order valence-corrected chi connectivity index (χ2v) is 4.82. The lowest BCUT2D eigenvalue weighted by molar-refractivity contribution is 0.154. The number of alkyl halides is 1. The molecule has 0 radical (unpaired) electrons. The van der Waals surface area contributed by atoms with Gasteiger partial charge in [-0.3, -0.25) is 0 Å². The quantitative estimate of drug-likeness (QED) is 0.555. The highest BCUT2D eigenvalue weighted by molar-refractivity contribution is 9.10. The zero-order valence-electron chi connectivity index (χ0n) is 10.4. The van der Waals surface area contributed by atoms with E-state index >= 15 is 0 Å². The van der Waals surface area contributed by atoms with E-state index < -0.39 is 0 Å². The fourth-order valence-electron chi connectivity index (χ4n) is 1.66. The van der Waals surface area contributed by atoms with Gasteiger partial charge in [0.2, 0.25) is 0 Å². The Morgan fingerprint density at radius 3 is 2.65 bits per heavy atom. The van der Waals surface area contributed by atoms with Crippen molar-refractivity contribution in [1.29, 1.82) is 0 Å². The summed E-state index contributed by atoms with van der Waals surface area (Å²) in [5.74, 6) is 0.546. The molecule has 0 fully saturated rings. The Morgan fingerprint density at radius 2 is 2.12 bits per heavy atom. The van der Waals surface area contributed by atoms with Crippen molar-refractivity contribution in [3.63, 3.8) is 0 Å². The van der Waals surface area contributed by atoms with Gasteiger partial charge in [-0.25, -0.2) is 0 Å². The predicted molar refractivity (Wildman–Crippen MR) is 78.1 cm³/mol. The molecular formula is C13H19BrClNO. The van der Waals surface area contributed by atoms with Crippen molar-refractivity contribution in [2.45, 2.75) is 19.7 Å². The number of halogens is 2. The van der Waals surface area contributed by atoms with Crippen LogP contribution in [0.5, 0.6) is 0 Å². The van der Waals surface area contributed by atoms with Crippen molar-refractivity contribution >= 4 is 33.2 Å². The summed E-state index contributed by atoms with van der Waals surface area (Å²) in [4.78, 5) is 2.29. The maximum absolute atomic E-state index is 5.81. The Hall–Kier alpha value is -0.250. The highest BCUT2D eigenvalue weighted by Crippen LogP contribution is 2.27. The Bertz CT molecular complexity index is 346. The van der Waals surface area contributed by atoms with Crippen LogP contribution < -0.4 is 4.90 Å². The largest absolute Gasteiger partial charge is 0.380 e. The van der Waals surface area contributed by atoms with Crippen molar-refractivity contribution in [1.82, 2.24) is 0 Å². The van der Waals surface area contributed by atoms with Gasteiger partial charge < -0.3 is 9.64 Å². The first-order chi connectivity index (χ1) is 8.22. The standard InChI is InChI=1S/C13H19BrClNO/c1-3-16(7-8-17-4-2)13-6-5-11(10-15)9-12(13)14/h5-6,9H,3-4,7-8,10H2,1-2H3. The maximum atomic E-state index is 5.81. The summed E-state index contributed by atoms with van der Waals surface area (Å²) < 4.78 is 6.49. The number of benzene rings is 1. The minimum absolute atomic E-state index is 0.546. The zero-order valence-corrected chi connectivity index (χ0v) is 12.7. The molecule has 0 aromatic heterocycles. The van der Waals surface area contributed by atoms with Gasteiger partial charge >= 0.3 is 0 Å². The minimum Gasteiger partial charge on any atom is -0.380 e. The second kappa shape index (κ2) is 7.96. The van der Waals surface area contributed by atoms with Gasteiger partial charge in [-0.15, -0.1) is 11.6 Å². The van der Waals surface area contributed by atoms with E-state index in [0.29, 0.717) is 5.88 Å². The van der Waals surface area contributed by atoms with E-state index in [1.807, 2.05) is 6.92 Å². The number of rotatable bonds is 7. The Morgan fingerprint density at radius 1 is 1.35 bits per heavy atom. The molecule has 2 nitrogen and oxygen atoms in total. The summed E-state index contributed by atoms with van der Waals surface area (Å²) in [6.07, 6.45) is 0. The van der Waals surface area contributed by atoms with Crippen molar-refractivity contribution in [3.05, 3.63) is 28.2 Å². The minimum atomic E-state index is 0.546. The van der Waals surface area contributed by atoms with Gasteiger partial charge in [0.25, 0.3) is 0 Å².